The van der Waals surface area contributed by atoms with Gasteiger partial charge in [0.2, 0.25) is 5.75 Å². The molecule has 7 nitrogen and oxygen atoms in total. The number of nitro groups is 1. The molecule has 0 atom stereocenters. The Morgan fingerprint density at radius 1 is 1.35 bits per heavy atom. The molecule has 23 heavy (non-hydrogen) atoms. The highest BCUT2D eigenvalue weighted by molar-refractivity contribution is 9.10. The average Bonchev–Trinajstić information content (AvgIpc) is 2.50. The summed E-state index contributed by atoms with van der Waals surface area (Å²) in [6.07, 6.45) is 1.07. The van der Waals surface area contributed by atoms with E-state index in [4.69, 9.17) is 11.6 Å². The first-order chi connectivity index (χ1) is 10.9. The third kappa shape index (κ3) is 4.27. The van der Waals surface area contributed by atoms with Crippen molar-refractivity contribution in [2.75, 3.05) is 0 Å². The molecule has 0 aliphatic heterocycles. The van der Waals surface area contributed by atoms with Crippen molar-refractivity contribution in [3.8, 4) is 5.75 Å². The monoisotopic (exact) mass is 397 g/mol. The van der Waals surface area contributed by atoms with Gasteiger partial charge in [0.25, 0.3) is 5.91 Å². The van der Waals surface area contributed by atoms with Gasteiger partial charge < -0.3 is 5.11 Å². The molecule has 0 unspecified atom stereocenters. The molecule has 2 aromatic carbocycles. The van der Waals surface area contributed by atoms with Gasteiger partial charge in [-0.3, -0.25) is 14.9 Å². The molecule has 118 valence electrons. The lowest BCUT2D eigenvalue weighted by Gasteiger charge is -2.02. The van der Waals surface area contributed by atoms with Gasteiger partial charge >= 0.3 is 5.69 Å². The van der Waals surface area contributed by atoms with Crippen molar-refractivity contribution in [2.24, 2.45) is 5.10 Å². The number of nitro benzene ring substituents is 1. The highest BCUT2D eigenvalue weighted by Gasteiger charge is 2.17. The lowest BCUT2D eigenvalue weighted by atomic mass is 10.2. The van der Waals surface area contributed by atoms with Crippen LogP contribution < -0.4 is 5.43 Å². The summed E-state index contributed by atoms with van der Waals surface area (Å²) >= 11 is 9.00. The maximum absolute atomic E-state index is 11.8. The number of nitrogens with zero attached hydrogens (tertiary/aromatic N) is 2. The molecular weight excluding hydrogens is 390 g/mol. The van der Waals surface area contributed by atoms with Gasteiger partial charge in [0.05, 0.1) is 11.1 Å². The maximum atomic E-state index is 11.8. The highest BCUT2D eigenvalue weighted by atomic mass is 79.9. The normalized spacial score (nSPS) is 10.7. The Balaban J connectivity index is 2.16. The van der Waals surface area contributed by atoms with Gasteiger partial charge in [-0.05, 0) is 30.3 Å². The molecule has 1 amide bonds. The summed E-state index contributed by atoms with van der Waals surface area (Å²) in [6, 6.07) is 8.90. The van der Waals surface area contributed by atoms with Crippen LogP contribution in [0.5, 0.6) is 5.75 Å². The van der Waals surface area contributed by atoms with Gasteiger partial charge in [-0.2, -0.15) is 5.10 Å². The minimum Gasteiger partial charge on any atom is -0.502 e. The van der Waals surface area contributed by atoms with E-state index in [9.17, 15) is 20.0 Å². The third-order valence-electron chi connectivity index (χ3n) is 2.76. The topological polar surface area (TPSA) is 105 Å². The van der Waals surface area contributed by atoms with Crippen molar-refractivity contribution in [1.29, 1.82) is 0 Å². The van der Waals surface area contributed by atoms with Crippen molar-refractivity contribution >= 4 is 45.3 Å². The number of rotatable bonds is 4. The molecule has 2 rings (SSSR count). The zero-order valence-electron chi connectivity index (χ0n) is 11.4. The van der Waals surface area contributed by atoms with Crippen molar-refractivity contribution in [3.63, 3.8) is 0 Å². The minimum absolute atomic E-state index is 0.0142. The molecule has 0 saturated heterocycles. The van der Waals surface area contributed by atoms with E-state index in [1.807, 2.05) is 0 Å². The first kappa shape index (κ1) is 16.9. The molecule has 0 aliphatic rings. The first-order valence-electron chi connectivity index (χ1n) is 6.14. The summed E-state index contributed by atoms with van der Waals surface area (Å²) in [7, 11) is 0. The van der Waals surface area contributed by atoms with E-state index in [0.29, 0.717) is 5.56 Å². The Bertz CT molecular complexity index is 793. The average molecular weight is 399 g/mol. The Labute approximate surface area is 143 Å². The third-order valence-corrected chi connectivity index (χ3v) is 3.50. The quantitative estimate of drug-likeness (QED) is 0.467. The van der Waals surface area contributed by atoms with Crippen LogP contribution in [0.2, 0.25) is 5.02 Å². The molecule has 0 spiro atoms. The van der Waals surface area contributed by atoms with E-state index in [1.165, 1.54) is 6.07 Å². The van der Waals surface area contributed by atoms with Crippen molar-refractivity contribution < 1.29 is 14.8 Å². The zero-order valence-corrected chi connectivity index (χ0v) is 13.7. The number of phenolic OH excluding ortho intramolecular Hbond substituents is 1. The lowest BCUT2D eigenvalue weighted by molar-refractivity contribution is -0.385. The van der Waals surface area contributed by atoms with Gasteiger partial charge in [-0.25, -0.2) is 5.43 Å². The second kappa shape index (κ2) is 7.21. The van der Waals surface area contributed by atoms with Crippen LogP contribution in [0.25, 0.3) is 0 Å². The van der Waals surface area contributed by atoms with Crippen LogP contribution in [0.15, 0.2) is 46.0 Å². The molecule has 2 N–H and O–H groups in total. The van der Waals surface area contributed by atoms with Crippen LogP contribution in [0.3, 0.4) is 0 Å². The van der Waals surface area contributed by atoms with Crippen LogP contribution in [0, 0.1) is 10.1 Å². The number of halogens is 2. The van der Waals surface area contributed by atoms with Crippen LogP contribution in [-0.4, -0.2) is 22.2 Å². The second-order valence-corrected chi connectivity index (χ2v) is 5.68. The molecule has 0 fully saturated rings. The zero-order chi connectivity index (χ0) is 17.0. The number of hydrogen-bond acceptors (Lipinski definition) is 5. The summed E-state index contributed by atoms with van der Waals surface area (Å²) in [5.74, 6) is -1.05. The number of carbonyl (C=O) groups excluding carboxylic acids is 1. The van der Waals surface area contributed by atoms with Gasteiger partial charge in [0.15, 0.2) is 0 Å². The minimum atomic E-state index is -0.765. The SMILES string of the molecule is O=C(N/N=C\c1cc(Cl)cc([N+](=O)[O-])c1O)c1ccc(Br)cc1. The number of carbonyl (C=O) groups is 1. The van der Waals surface area contributed by atoms with Crippen LogP contribution in [0.1, 0.15) is 15.9 Å². The van der Waals surface area contributed by atoms with Crippen LogP contribution in [-0.2, 0) is 0 Å². The molecular formula is C14H9BrClN3O4. The number of nitrogens with one attached hydrogen (secondary N) is 1. The Morgan fingerprint density at radius 2 is 2.00 bits per heavy atom. The van der Waals surface area contributed by atoms with Gasteiger partial charge in [0.1, 0.15) is 0 Å². The molecule has 0 aromatic heterocycles. The molecule has 0 saturated carbocycles. The summed E-state index contributed by atoms with van der Waals surface area (Å²) in [5.41, 5.74) is 2.11. The van der Waals surface area contributed by atoms with Crippen molar-refractivity contribution in [1.82, 2.24) is 5.43 Å². The number of aromatic hydroxyl groups is 1. The Kier molecular flexibility index (Phi) is 5.30. The largest absolute Gasteiger partial charge is 0.502 e. The molecule has 2 aromatic rings. The molecule has 0 bridgehead atoms. The number of hydrogen-bond donors (Lipinski definition) is 2. The van der Waals surface area contributed by atoms with Crippen LogP contribution >= 0.6 is 27.5 Å². The predicted molar refractivity (Wildman–Crippen MR) is 89.0 cm³/mol. The summed E-state index contributed by atoms with van der Waals surface area (Å²) < 4.78 is 0.828. The summed E-state index contributed by atoms with van der Waals surface area (Å²) in [5, 5.41) is 24.3. The van der Waals surface area contributed by atoms with E-state index < -0.39 is 22.3 Å². The van der Waals surface area contributed by atoms with E-state index in [0.717, 1.165) is 16.8 Å². The number of phenols is 1. The molecule has 0 heterocycles. The highest BCUT2D eigenvalue weighted by Crippen LogP contribution is 2.32. The van der Waals surface area contributed by atoms with Crippen molar-refractivity contribution in [2.45, 2.75) is 0 Å². The summed E-state index contributed by atoms with van der Waals surface area (Å²) in [4.78, 5) is 21.9. The fourth-order valence-electron chi connectivity index (χ4n) is 1.67. The van der Waals surface area contributed by atoms with E-state index >= 15 is 0 Å². The fourth-order valence-corrected chi connectivity index (χ4v) is 2.15. The maximum Gasteiger partial charge on any atom is 0.312 e. The van der Waals surface area contributed by atoms with Crippen LogP contribution in [0.4, 0.5) is 5.69 Å². The molecule has 0 radical (unpaired) electrons. The summed E-state index contributed by atoms with van der Waals surface area (Å²) in [6.45, 7) is 0. The van der Waals surface area contributed by atoms with Gasteiger partial charge in [-0.15, -0.1) is 0 Å². The van der Waals surface area contributed by atoms with E-state index in [-0.39, 0.29) is 10.6 Å². The first-order valence-corrected chi connectivity index (χ1v) is 7.31. The lowest BCUT2D eigenvalue weighted by Crippen LogP contribution is -2.17. The molecule has 9 heteroatoms. The van der Waals surface area contributed by atoms with Gasteiger partial charge in [-0.1, -0.05) is 27.5 Å². The smallest absolute Gasteiger partial charge is 0.312 e. The van der Waals surface area contributed by atoms with E-state index in [1.54, 1.807) is 24.3 Å². The number of benzene rings is 2. The fraction of sp³-hybridized carbons (Fsp3) is 0. The number of hydrazone groups is 1. The standard InChI is InChI=1S/C14H9BrClN3O4/c15-10-3-1-8(2-4-10)14(21)18-17-7-9-5-11(16)6-12(13(9)20)19(22)23/h1-7,20H,(H,18,21)/b17-7-. The molecule has 0 aliphatic carbocycles. The Morgan fingerprint density at radius 3 is 2.61 bits per heavy atom. The van der Waals surface area contributed by atoms with Crippen molar-refractivity contribution in [3.05, 3.63) is 67.1 Å². The predicted octanol–water partition coefficient (Wildman–Crippen LogP) is 3.48. The Hall–Kier alpha value is -2.45. The van der Waals surface area contributed by atoms with Gasteiger partial charge in [0, 0.05) is 26.7 Å². The van der Waals surface area contributed by atoms with E-state index in [2.05, 4.69) is 26.5 Å². The second-order valence-electron chi connectivity index (χ2n) is 4.33. The number of amides is 1.